The first-order chi connectivity index (χ1) is 20.4. The lowest BCUT2D eigenvalue weighted by atomic mass is 10.1. The molecule has 1 amide bonds. The molecule has 0 saturated carbocycles. The van der Waals surface area contributed by atoms with Gasteiger partial charge in [0.2, 0.25) is 0 Å². The molecule has 9 nitrogen and oxygen atoms in total. The number of rotatable bonds is 7. The van der Waals surface area contributed by atoms with E-state index in [0.717, 1.165) is 20.5 Å². The van der Waals surface area contributed by atoms with Crippen LogP contribution >= 0.6 is 38.9 Å². The number of nitrogens with zero attached hydrogens (tertiary/aromatic N) is 3. The van der Waals surface area contributed by atoms with Gasteiger partial charge in [0.05, 0.1) is 23.2 Å². The summed E-state index contributed by atoms with van der Waals surface area (Å²) in [7, 11) is 1.34. The van der Waals surface area contributed by atoms with Crippen molar-refractivity contribution in [1.82, 2.24) is 14.5 Å². The number of hydrogen-bond donors (Lipinski definition) is 0. The number of hydrogen-bond acceptors (Lipinski definition) is 8. The third-order valence-corrected chi connectivity index (χ3v) is 8.92. The number of piperidine rings is 1. The van der Waals surface area contributed by atoms with Gasteiger partial charge in [-0.25, -0.2) is 14.6 Å². The van der Waals surface area contributed by atoms with Gasteiger partial charge in [-0.1, -0.05) is 39.7 Å². The lowest BCUT2D eigenvalue weighted by Crippen LogP contribution is -2.44. The Morgan fingerprint density at radius 1 is 1.12 bits per heavy atom. The SMILES string of the molecule is COC(=O)c1sc(-n2cnc3ccc(Br)cc32)cc1O[C@H](C)c1cccc(OC2CCN(C(=O)OC(C)(C)C)CC2)c1Cl. The van der Waals surface area contributed by atoms with Crippen LogP contribution in [-0.4, -0.2) is 58.4 Å². The van der Waals surface area contributed by atoms with Gasteiger partial charge in [-0.05, 0) is 52.0 Å². The van der Waals surface area contributed by atoms with Gasteiger partial charge in [0, 0.05) is 42.0 Å². The molecule has 3 heterocycles. The third-order valence-electron chi connectivity index (χ3n) is 6.92. The molecule has 0 aliphatic carbocycles. The molecule has 1 aliphatic rings. The number of fused-ring (bicyclic) bond motifs is 1. The molecule has 2 aromatic carbocycles. The van der Waals surface area contributed by atoms with E-state index in [1.165, 1.54) is 18.4 Å². The zero-order valence-corrected chi connectivity index (χ0v) is 27.7. The van der Waals surface area contributed by atoms with Crippen molar-refractivity contribution in [3.8, 4) is 16.5 Å². The Labute approximate surface area is 267 Å². The van der Waals surface area contributed by atoms with E-state index in [0.29, 0.717) is 52.9 Å². The predicted molar refractivity (Wildman–Crippen MR) is 170 cm³/mol. The topological polar surface area (TPSA) is 92.1 Å². The van der Waals surface area contributed by atoms with Crippen LogP contribution in [0.25, 0.3) is 16.0 Å². The second-order valence-corrected chi connectivity index (χ2v) is 13.5. The molecule has 43 heavy (non-hydrogen) atoms. The highest BCUT2D eigenvalue weighted by Gasteiger charge is 2.29. The summed E-state index contributed by atoms with van der Waals surface area (Å²) >= 11 is 11.6. The Kier molecular flexibility index (Phi) is 9.24. The molecule has 0 N–H and O–H groups in total. The Hall–Kier alpha value is -3.28. The number of amides is 1. The van der Waals surface area contributed by atoms with Crippen molar-refractivity contribution in [1.29, 1.82) is 0 Å². The van der Waals surface area contributed by atoms with Crippen LogP contribution < -0.4 is 9.47 Å². The number of halogens is 2. The third kappa shape index (κ3) is 7.11. The summed E-state index contributed by atoms with van der Waals surface area (Å²) in [5, 5.41) is 1.19. The number of imidazole rings is 1. The van der Waals surface area contributed by atoms with Crippen molar-refractivity contribution >= 4 is 62.0 Å². The molecule has 1 atom stereocenters. The fourth-order valence-electron chi connectivity index (χ4n) is 4.81. The number of thiophene rings is 1. The quantitative estimate of drug-likeness (QED) is 0.181. The van der Waals surface area contributed by atoms with Crippen molar-refractivity contribution in [3.63, 3.8) is 0 Å². The number of carbonyl (C=O) groups excluding carboxylic acids is 2. The minimum Gasteiger partial charge on any atom is -0.489 e. The fraction of sp³-hybridized carbons (Fsp3) is 0.387. The van der Waals surface area contributed by atoms with Crippen LogP contribution in [0.1, 0.15) is 61.9 Å². The second-order valence-electron chi connectivity index (χ2n) is 11.2. The zero-order chi connectivity index (χ0) is 30.9. The molecule has 0 radical (unpaired) electrons. The van der Waals surface area contributed by atoms with E-state index < -0.39 is 17.7 Å². The number of carbonyl (C=O) groups is 2. The van der Waals surface area contributed by atoms with E-state index in [9.17, 15) is 9.59 Å². The summed E-state index contributed by atoms with van der Waals surface area (Å²) in [4.78, 5) is 31.7. The highest BCUT2D eigenvalue weighted by molar-refractivity contribution is 9.10. The van der Waals surface area contributed by atoms with Crippen molar-refractivity contribution in [2.24, 2.45) is 0 Å². The highest BCUT2D eigenvalue weighted by Crippen LogP contribution is 2.40. The average molecular weight is 691 g/mol. The molecule has 0 spiro atoms. The average Bonchev–Trinajstić information content (AvgIpc) is 3.57. The Morgan fingerprint density at radius 3 is 2.56 bits per heavy atom. The maximum absolute atomic E-state index is 12.7. The minimum absolute atomic E-state index is 0.0990. The maximum Gasteiger partial charge on any atom is 0.410 e. The zero-order valence-electron chi connectivity index (χ0n) is 24.6. The van der Waals surface area contributed by atoms with Crippen molar-refractivity contribution in [2.45, 2.75) is 58.3 Å². The summed E-state index contributed by atoms with van der Waals surface area (Å²) in [5.74, 6) is 0.429. The maximum atomic E-state index is 12.7. The van der Waals surface area contributed by atoms with Gasteiger partial charge < -0.3 is 23.8 Å². The van der Waals surface area contributed by atoms with Crippen LogP contribution in [0.3, 0.4) is 0 Å². The smallest absolute Gasteiger partial charge is 0.410 e. The number of methoxy groups -OCH3 is 1. The van der Waals surface area contributed by atoms with E-state index >= 15 is 0 Å². The molecule has 4 aromatic rings. The van der Waals surface area contributed by atoms with Gasteiger partial charge in [-0.3, -0.25) is 4.57 Å². The first kappa shape index (κ1) is 31.2. The monoisotopic (exact) mass is 689 g/mol. The van der Waals surface area contributed by atoms with Crippen LogP contribution in [0.4, 0.5) is 4.79 Å². The van der Waals surface area contributed by atoms with E-state index in [1.807, 2.05) is 74.7 Å². The fourth-order valence-corrected chi connectivity index (χ4v) is 6.48. The molecule has 228 valence electrons. The predicted octanol–water partition coefficient (Wildman–Crippen LogP) is 8.21. The number of likely N-dealkylation sites (tertiary alicyclic amines) is 1. The van der Waals surface area contributed by atoms with Gasteiger partial charge in [-0.2, -0.15) is 0 Å². The molecular weight excluding hydrogens is 658 g/mol. The normalized spacial score (nSPS) is 14.9. The number of esters is 1. The number of aromatic nitrogens is 2. The van der Waals surface area contributed by atoms with Crippen LogP contribution in [0.2, 0.25) is 5.02 Å². The molecular formula is C31H33BrClN3O6S. The second kappa shape index (κ2) is 12.8. The molecule has 2 aromatic heterocycles. The van der Waals surface area contributed by atoms with Gasteiger partial charge in [0.1, 0.15) is 40.6 Å². The van der Waals surface area contributed by atoms with Gasteiger partial charge in [0.15, 0.2) is 4.88 Å². The molecule has 0 unspecified atom stereocenters. The summed E-state index contributed by atoms with van der Waals surface area (Å²) in [5.41, 5.74) is 1.89. The molecule has 1 fully saturated rings. The highest BCUT2D eigenvalue weighted by atomic mass is 79.9. The van der Waals surface area contributed by atoms with E-state index in [-0.39, 0.29) is 12.2 Å². The molecule has 5 rings (SSSR count). The Balaban J connectivity index is 1.31. The molecule has 1 saturated heterocycles. The van der Waals surface area contributed by atoms with Crippen molar-refractivity contribution < 1.29 is 28.5 Å². The van der Waals surface area contributed by atoms with Gasteiger partial charge in [0.25, 0.3) is 0 Å². The van der Waals surface area contributed by atoms with E-state index in [2.05, 4.69) is 20.9 Å². The standard InChI is InChI=1S/C31H33BrClN3O6S/c1-18(21-7-6-8-24(27(21)33)41-20-11-13-35(14-12-20)30(38)42-31(2,3)4)40-25-16-26(43-28(25)29(37)39-5)36-17-34-22-10-9-19(32)15-23(22)36/h6-10,15-18,20H,11-14H2,1-5H3/t18-/m1/s1. The Morgan fingerprint density at radius 2 is 1.86 bits per heavy atom. The van der Waals surface area contributed by atoms with Crippen molar-refractivity contribution in [3.05, 3.63) is 68.7 Å². The van der Waals surface area contributed by atoms with Crippen molar-refractivity contribution in [2.75, 3.05) is 20.2 Å². The number of ether oxygens (including phenoxy) is 4. The summed E-state index contributed by atoms with van der Waals surface area (Å²) in [6, 6.07) is 13.2. The number of benzene rings is 2. The van der Waals surface area contributed by atoms with Crippen LogP contribution in [0.15, 0.2) is 53.3 Å². The summed E-state index contributed by atoms with van der Waals surface area (Å²) < 4.78 is 26.0. The van der Waals surface area contributed by atoms with E-state index in [1.54, 1.807) is 11.2 Å². The first-order valence-electron chi connectivity index (χ1n) is 13.9. The van der Waals surface area contributed by atoms with Gasteiger partial charge >= 0.3 is 12.1 Å². The lowest BCUT2D eigenvalue weighted by Gasteiger charge is -2.33. The lowest BCUT2D eigenvalue weighted by molar-refractivity contribution is 0.0126. The molecule has 12 heteroatoms. The van der Waals surface area contributed by atoms with Crippen LogP contribution in [0.5, 0.6) is 11.5 Å². The molecule has 0 bridgehead atoms. The first-order valence-corrected chi connectivity index (χ1v) is 15.9. The molecule has 1 aliphatic heterocycles. The largest absolute Gasteiger partial charge is 0.489 e. The van der Waals surface area contributed by atoms with E-state index in [4.69, 9.17) is 30.5 Å². The summed E-state index contributed by atoms with van der Waals surface area (Å²) in [6.45, 7) is 8.51. The van der Waals surface area contributed by atoms with Crippen LogP contribution in [0, 0.1) is 0 Å². The van der Waals surface area contributed by atoms with Crippen LogP contribution in [-0.2, 0) is 9.47 Å². The minimum atomic E-state index is -0.537. The Bertz CT molecular complexity index is 1640. The summed E-state index contributed by atoms with van der Waals surface area (Å²) in [6.07, 6.45) is 2.11. The van der Waals surface area contributed by atoms with Gasteiger partial charge in [-0.15, -0.1) is 11.3 Å².